The molecule has 156 valence electrons. The number of hydrogen-bond acceptors (Lipinski definition) is 3. The Hall–Kier alpha value is -2.14. The van der Waals surface area contributed by atoms with Crippen LogP contribution < -0.4 is 0 Å². The van der Waals surface area contributed by atoms with Crippen LogP contribution in [0.5, 0.6) is 0 Å². The van der Waals surface area contributed by atoms with E-state index in [2.05, 4.69) is 37.2 Å². The third-order valence-electron chi connectivity index (χ3n) is 5.94. The predicted molar refractivity (Wildman–Crippen MR) is 123 cm³/mol. The Morgan fingerprint density at radius 1 is 1.00 bits per heavy atom. The van der Waals surface area contributed by atoms with Gasteiger partial charge < -0.3 is 10.0 Å². The number of thioether (sulfide) groups is 1. The summed E-state index contributed by atoms with van der Waals surface area (Å²) >= 11 is 1.63. The maximum Gasteiger partial charge on any atom is 0.124 e. The number of rotatable bonds is 6. The zero-order valence-electron chi connectivity index (χ0n) is 17.5. The van der Waals surface area contributed by atoms with Gasteiger partial charge in [-0.1, -0.05) is 48.5 Å². The molecule has 4 rings (SSSR count). The van der Waals surface area contributed by atoms with E-state index in [1.807, 2.05) is 36.4 Å². The fourth-order valence-corrected chi connectivity index (χ4v) is 5.44. The maximum absolute atomic E-state index is 14.3. The van der Waals surface area contributed by atoms with Crippen molar-refractivity contribution in [3.63, 3.8) is 0 Å². The summed E-state index contributed by atoms with van der Waals surface area (Å²) in [4.78, 5) is 3.27. The van der Waals surface area contributed by atoms with E-state index in [0.29, 0.717) is 5.75 Å². The molecule has 30 heavy (non-hydrogen) atoms. The lowest BCUT2D eigenvalue weighted by Gasteiger charge is -2.31. The van der Waals surface area contributed by atoms with E-state index in [-0.39, 0.29) is 11.7 Å². The van der Waals surface area contributed by atoms with Crippen molar-refractivity contribution in [2.24, 2.45) is 0 Å². The highest BCUT2D eigenvalue weighted by Gasteiger charge is 2.39. The monoisotopic (exact) mass is 421 g/mol. The van der Waals surface area contributed by atoms with Crippen LogP contribution in [0.15, 0.2) is 77.7 Å². The molecule has 0 aromatic heterocycles. The third kappa shape index (κ3) is 4.31. The number of halogens is 1. The molecule has 1 N–H and O–H groups in total. The number of fused-ring (bicyclic) bond motifs is 2. The van der Waals surface area contributed by atoms with Crippen molar-refractivity contribution in [2.45, 2.75) is 29.3 Å². The number of benzene rings is 3. The van der Waals surface area contributed by atoms with Gasteiger partial charge in [-0.25, -0.2) is 4.39 Å². The van der Waals surface area contributed by atoms with Gasteiger partial charge in [0.1, 0.15) is 11.4 Å². The van der Waals surface area contributed by atoms with Gasteiger partial charge in [-0.15, -0.1) is 11.8 Å². The van der Waals surface area contributed by atoms with Crippen LogP contribution in [0.2, 0.25) is 0 Å². The second-order valence-electron chi connectivity index (χ2n) is 8.34. The zero-order chi connectivity index (χ0) is 21.1. The van der Waals surface area contributed by atoms with Crippen LogP contribution >= 0.6 is 11.8 Å². The van der Waals surface area contributed by atoms with Crippen LogP contribution in [0, 0.1) is 5.82 Å². The highest BCUT2D eigenvalue weighted by atomic mass is 32.2. The Labute approximate surface area is 182 Å². The minimum Gasteiger partial charge on any atom is -0.379 e. The Bertz CT molecular complexity index is 1010. The Morgan fingerprint density at radius 2 is 1.73 bits per heavy atom. The van der Waals surface area contributed by atoms with E-state index in [1.165, 1.54) is 6.07 Å². The first-order chi connectivity index (χ1) is 14.5. The molecule has 0 bridgehead atoms. The number of aliphatic hydroxyl groups is 1. The van der Waals surface area contributed by atoms with Crippen molar-refractivity contribution < 1.29 is 9.50 Å². The first-order valence-corrected chi connectivity index (χ1v) is 11.4. The molecule has 0 aliphatic heterocycles. The first-order valence-electron chi connectivity index (χ1n) is 10.4. The van der Waals surface area contributed by atoms with E-state index in [1.54, 1.807) is 23.9 Å². The lowest BCUT2D eigenvalue weighted by atomic mass is 9.83. The average molecular weight is 422 g/mol. The Kier molecular flexibility index (Phi) is 6.28. The molecular formula is C26H28FNOS. The minimum atomic E-state index is -1.17. The topological polar surface area (TPSA) is 23.5 Å². The van der Waals surface area contributed by atoms with Gasteiger partial charge in [-0.2, -0.15) is 0 Å². The lowest BCUT2D eigenvalue weighted by Crippen LogP contribution is -2.31. The van der Waals surface area contributed by atoms with Crippen molar-refractivity contribution in [1.29, 1.82) is 0 Å². The van der Waals surface area contributed by atoms with Gasteiger partial charge in [0.05, 0.1) is 0 Å². The second-order valence-corrected chi connectivity index (χ2v) is 9.39. The molecule has 4 heteroatoms. The molecule has 0 fully saturated rings. The van der Waals surface area contributed by atoms with Crippen LogP contribution in [-0.2, 0) is 12.0 Å². The predicted octanol–water partition coefficient (Wildman–Crippen LogP) is 5.45. The van der Waals surface area contributed by atoms with Crippen LogP contribution in [0.1, 0.15) is 34.6 Å². The van der Waals surface area contributed by atoms with Crippen molar-refractivity contribution in [1.82, 2.24) is 4.90 Å². The molecular weight excluding hydrogens is 393 g/mol. The van der Waals surface area contributed by atoms with E-state index in [4.69, 9.17) is 0 Å². The molecule has 2 nitrogen and oxygen atoms in total. The summed E-state index contributed by atoms with van der Waals surface area (Å²) in [6, 6.07) is 23.2. The standard InChI is InChI=1S/C26H28FNOS/c1-28(2)15-14-19-16-20-8-6-7-11-24(20)26(29,18-30-22-9-4-3-5-10-22)25-13-12-21(27)17-23(19)25/h3-13,17,19,29H,14-16,18H2,1-2H3. The van der Waals surface area contributed by atoms with Gasteiger partial charge in [-0.3, -0.25) is 0 Å². The van der Waals surface area contributed by atoms with Crippen LogP contribution in [0.4, 0.5) is 4.39 Å². The van der Waals surface area contributed by atoms with E-state index >= 15 is 0 Å². The van der Waals surface area contributed by atoms with E-state index in [9.17, 15) is 9.50 Å². The highest BCUT2D eigenvalue weighted by molar-refractivity contribution is 7.99. The molecule has 2 unspecified atom stereocenters. The largest absolute Gasteiger partial charge is 0.379 e. The molecule has 2 atom stereocenters. The lowest BCUT2D eigenvalue weighted by molar-refractivity contribution is 0.107. The highest BCUT2D eigenvalue weighted by Crippen LogP contribution is 2.45. The number of nitrogens with zero attached hydrogens (tertiary/aromatic N) is 1. The SMILES string of the molecule is CN(C)CCC1Cc2ccccc2C(O)(CSc2ccccc2)c2ccc(F)cc21. The van der Waals surface area contributed by atoms with Crippen molar-refractivity contribution >= 4 is 11.8 Å². The summed E-state index contributed by atoms with van der Waals surface area (Å²) in [5.41, 5.74) is 2.68. The van der Waals surface area contributed by atoms with Crippen molar-refractivity contribution in [3.05, 3.63) is 101 Å². The molecule has 0 saturated carbocycles. The number of hydrogen-bond donors (Lipinski definition) is 1. The molecule has 0 radical (unpaired) electrons. The summed E-state index contributed by atoms with van der Waals surface area (Å²) in [7, 11) is 4.12. The molecule has 3 aromatic rings. The molecule has 0 spiro atoms. The van der Waals surface area contributed by atoms with Gasteiger partial charge >= 0.3 is 0 Å². The molecule has 0 amide bonds. The normalized spacial score (nSPS) is 20.5. The maximum atomic E-state index is 14.3. The molecule has 1 aliphatic rings. The van der Waals surface area contributed by atoms with E-state index in [0.717, 1.165) is 46.5 Å². The smallest absolute Gasteiger partial charge is 0.124 e. The summed E-state index contributed by atoms with van der Waals surface area (Å²) in [5, 5.41) is 12.1. The molecule has 1 aliphatic carbocycles. The fourth-order valence-electron chi connectivity index (χ4n) is 4.40. The minimum absolute atomic E-state index is 0.162. The van der Waals surface area contributed by atoms with Gasteiger partial charge in [0.25, 0.3) is 0 Å². The van der Waals surface area contributed by atoms with Crippen molar-refractivity contribution in [3.8, 4) is 0 Å². The zero-order valence-corrected chi connectivity index (χ0v) is 18.3. The fraction of sp³-hybridized carbons (Fsp3) is 0.308. The Morgan fingerprint density at radius 3 is 2.50 bits per heavy atom. The summed E-state index contributed by atoms with van der Waals surface area (Å²) < 4.78 is 14.3. The van der Waals surface area contributed by atoms with Gasteiger partial charge in [0, 0.05) is 10.6 Å². The molecule has 0 saturated heterocycles. The van der Waals surface area contributed by atoms with Crippen LogP contribution in [-0.4, -0.2) is 36.4 Å². The van der Waals surface area contributed by atoms with Crippen molar-refractivity contribution in [2.75, 3.05) is 26.4 Å². The summed E-state index contributed by atoms with van der Waals surface area (Å²) in [5.74, 6) is 0.398. The molecule has 3 aromatic carbocycles. The van der Waals surface area contributed by atoms with Gasteiger partial charge in [0.15, 0.2) is 0 Å². The van der Waals surface area contributed by atoms with Crippen LogP contribution in [0.3, 0.4) is 0 Å². The summed E-state index contributed by atoms with van der Waals surface area (Å²) in [6.45, 7) is 0.917. The molecule has 0 heterocycles. The van der Waals surface area contributed by atoms with Gasteiger partial charge in [-0.05, 0) is 85.9 Å². The second kappa shape index (κ2) is 8.93. The first kappa shape index (κ1) is 21.1. The van der Waals surface area contributed by atoms with Crippen LogP contribution in [0.25, 0.3) is 0 Å². The Balaban J connectivity index is 1.81. The third-order valence-corrected chi connectivity index (χ3v) is 7.11. The van der Waals surface area contributed by atoms with E-state index < -0.39 is 5.60 Å². The van der Waals surface area contributed by atoms with Gasteiger partial charge in [0.2, 0.25) is 0 Å². The average Bonchev–Trinajstić information content (AvgIpc) is 2.85. The summed E-state index contributed by atoms with van der Waals surface area (Å²) in [6.07, 6.45) is 1.72. The quantitative estimate of drug-likeness (QED) is 0.536.